The van der Waals surface area contributed by atoms with E-state index in [1.165, 1.54) is 6.34 Å². The van der Waals surface area contributed by atoms with Crippen LogP contribution in [0.1, 0.15) is 16.1 Å². The molecule has 1 amide bonds. The van der Waals surface area contributed by atoms with Gasteiger partial charge in [-0.15, -0.1) is 0 Å². The van der Waals surface area contributed by atoms with Crippen molar-refractivity contribution in [1.29, 1.82) is 0 Å². The summed E-state index contributed by atoms with van der Waals surface area (Å²) in [7, 11) is 3.62. The number of amides is 1. The molecule has 0 aliphatic carbocycles. The van der Waals surface area contributed by atoms with Crippen molar-refractivity contribution in [3.63, 3.8) is 0 Å². The van der Waals surface area contributed by atoms with Gasteiger partial charge in [0.1, 0.15) is 5.56 Å². The number of hydrogen-bond acceptors (Lipinski definition) is 3. The maximum atomic E-state index is 12.4. The monoisotopic (exact) mass is 307 g/mol. The van der Waals surface area contributed by atoms with E-state index in [1.807, 2.05) is 50.5 Å². The van der Waals surface area contributed by atoms with Crippen molar-refractivity contribution in [1.82, 2.24) is 19.5 Å². The van der Waals surface area contributed by atoms with Crippen molar-refractivity contribution in [2.24, 2.45) is 4.99 Å². The zero-order valence-electron chi connectivity index (χ0n) is 13.3. The molecular weight excluding hydrogens is 290 g/mol. The summed E-state index contributed by atoms with van der Waals surface area (Å²) in [5.41, 5.74) is 3.46. The summed E-state index contributed by atoms with van der Waals surface area (Å²) in [6.07, 6.45) is 3.16. The van der Waals surface area contributed by atoms with Crippen molar-refractivity contribution >= 4 is 17.9 Å². The van der Waals surface area contributed by atoms with Gasteiger partial charge in [0.15, 0.2) is 5.65 Å². The standard InChI is InChI=1S/C17H17N5O/c1-12-15(17(23)19-11-21(2)3)16-18-10-9-14(22(16)20-12)13-7-5-4-6-8-13/h4-11H,1-3H3/b19-11+. The first-order valence-corrected chi connectivity index (χ1v) is 7.22. The van der Waals surface area contributed by atoms with Crippen molar-refractivity contribution in [2.45, 2.75) is 6.92 Å². The Labute approximate surface area is 134 Å². The Morgan fingerprint density at radius 3 is 2.65 bits per heavy atom. The largest absolute Gasteiger partial charge is 0.369 e. The maximum absolute atomic E-state index is 12.4. The van der Waals surface area contributed by atoms with E-state index >= 15 is 0 Å². The summed E-state index contributed by atoms with van der Waals surface area (Å²) in [6.45, 7) is 1.79. The Balaban J connectivity index is 2.16. The summed E-state index contributed by atoms with van der Waals surface area (Å²) < 4.78 is 1.70. The van der Waals surface area contributed by atoms with Crippen LogP contribution in [0.25, 0.3) is 16.9 Å². The van der Waals surface area contributed by atoms with Crippen LogP contribution in [0.3, 0.4) is 0 Å². The van der Waals surface area contributed by atoms with E-state index in [0.717, 1.165) is 11.3 Å². The lowest BCUT2D eigenvalue weighted by Crippen LogP contribution is -2.10. The lowest BCUT2D eigenvalue weighted by molar-refractivity contribution is 0.100. The fourth-order valence-electron chi connectivity index (χ4n) is 2.36. The highest BCUT2D eigenvalue weighted by Crippen LogP contribution is 2.22. The molecule has 0 fully saturated rings. The minimum atomic E-state index is -0.344. The number of aromatic nitrogens is 3. The molecular formula is C17H17N5O. The van der Waals surface area contributed by atoms with E-state index in [-0.39, 0.29) is 5.91 Å². The third-order valence-electron chi connectivity index (χ3n) is 3.38. The fraction of sp³-hybridized carbons (Fsp3) is 0.176. The Morgan fingerprint density at radius 2 is 1.96 bits per heavy atom. The molecule has 2 heterocycles. The number of nitrogens with zero attached hydrogens (tertiary/aromatic N) is 5. The van der Waals surface area contributed by atoms with E-state index < -0.39 is 0 Å². The second-order valence-electron chi connectivity index (χ2n) is 5.41. The number of fused-ring (bicyclic) bond motifs is 1. The van der Waals surface area contributed by atoms with Crippen molar-refractivity contribution in [2.75, 3.05) is 14.1 Å². The quantitative estimate of drug-likeness (QED) is 0.551. The topological polar surface area (TPSA) is 62.9 Å². The molecule has 0 aliphatic heterocycles. The first kappa shape index (κ1) is 14.9. The Morgan fingerprint density at radius 1 is 1.22 bits per heavy atom. The smallest absolute Gasteiger partial charge is 0.284 e. The van der Waals surface area contributed by atoms with Crippen molar-refractivity contribution in [3.05, 3.63) is 53.9 Å². The third kappa shape index (κ3) is 2.83. The molecule has 3 rings (SSSR count). The highest BCUT2D eigenvalue weighted by Gasteiger charge is 2.19. The number of benzene rings is 1. The number of carbonyl (C=O) groups is 1. The van der Waals surface area contributed by atoms with Gasteiger partial charge in [-0.1, -0.05) is 30.3 Å². The summed E-state index contributed by atoms with van der Waals surface area (Å²) in [5.74, 6) is -0.344. The Hall–Kier alpha value is -3.02. The lowest BCUT2D eigenvalue weighted by atomic mass is 10.1. The van der Waals surface area contributed by atoms with E-state index in [4.69, 9.17) is 0 Å². The maximum Gasteiger partial charge on any atom is 0.284 e. The summed E-state index contributed by atoms with van der Waals surface area (Å²) >= 11 is 0. The van der Waals surface area contributed by atoms with Gasteiger partial charge in [0.25, 0.3) is 5.91 Å². The van der Waals surface area contributed by atoms with Crippen LogP contribution in [0.5, 0.6) is 0 Å². The van der Waals surface area contributed by atoms with Gasteiger partial charge < -0.3 is 4.90 Å². The molecule has 0 aliphatic rings. The molecule has 0 unspecified atom stereocenters. The molecule has 0 saturated carbocycles. The molecule has 0 atom stereocenters. The zero-order chi connectivity index (χ0) is 16.4. The van der Waals surface area contributed by atoms with Crippen molar-refractivity contribution < 1.29 is 4.79 Å². The summed E-state index contributed by atoms with van der Waals surface area (Å²) in [6, 6.07) is 11.8. The molecule has 1 aromatic carbocycles. The van der Waals surface area contributed by atoms with Crippen LogP contribution in [0.4, 0.5) is 0 Å². The molecule has 0 radical (unpaired) electrons. The predicted octanol–water partition coefficient (Wildman–Crippen LogP) is 2.43. The van der Waals surface area contributed by atoms with Crippen molar-refractivity contribution in [3.8, 4) is 11.3 Å². The van der Waals surface area contributed by atoms with Crippen LogP contribution in [-0.4, -0.2) is 45.8 Å². The molecule has 3 aromatic rings. The van der Waals surface area contributed by atoms with Gasteiger partial charge in [-0.3, -0.25) is 4.79 Å². The predicted molar refractivity (Wildman–Crippen MR) is 89.7 cm³/mol. The minimum absolute atomic E-state index is 0.344. The Bertz CT molecular complexity index is 881. The first-order valence-electron chi connectivity index (χ1n) is 7.22. The molecule has 6 nitrogen and oxygen atoms in total. The second kappa shape index (κ2) is 6.00. The molecule has 0 saturated heterocycles. The zero-order valence-corrected chi connectivity index (χ0v) is 13.3. The van der Waals surface area contributed by atoms with E-state index in [9.17, 15) is 4.79 Å². The van der Waals surface area contributed by atoms with Crippen LogP contribution >= 0.6 is 0 Å². The molecule has 6 heteroatoms. The molecule has 2 aromatic heterocycles. The van der Waals surface area contributed by atoms with Gasteiger partial charge in [-0.25, -0.2) is 9.50 Å². The summed E-state index contributed by atoms with van der Waals surface area (Å²) in [5, 5.41) is 4.48. The van der Waals surface area contributed by atoms with Gasteiger partial charge in [-0.05, 0) is 13.0 Å². The SMILES string of the molecule is Cc1nn2c(-c3ccccc3)ccnc2c1C(=O)/N=C/N(C)C. The molecule has 0 bridgehead atoms. The number of aliphatic imine (C=N–C) groups is 1. The number of hydrogen-bond donors (Lipinski definition) is 0. The average Bonchev–Trinajstić information content (AvgIpc) is 2.89. The van der Waals surface area contributed by atoms with Crippen LogP contribution in [0.15, 0.2) is 47.6 Å². The fourth-order valence-corrected chi connectivity index (χ4v) is 2.36. The molecule has 116 valence electrons. The molecule has 0 spiro atoms. The van der Waals surface area contributed by atoms with Gasteiger partial charge in [0, 0.05) is 25.9 Å². The van der Waals surface area contributed by atoms with Crippen LogP contribution in [0.2, 0.25) is 0 Å². The minimum Gasteiger partial charge on any atom is -0.369 e. The van der Waals surface area contributed by atoms with Gasteiger partial charge >= 0.3 is 0 Å². The lowest BCUT2D eigenvalue weighted by Gasteiger charge is -2.04. The van der Waals surface area contributed by atoms with E-state index in [0.29, 0.717) is 16.9 Å². The highest BCUT2D eigenvalue weighted by molar-refractivity contribution is 6.04. The highest BCUT2D eigenvalue weighted by atomic mass is 16.1. The average molecular weight is 307 g/mol. The normalized spacial score (nSPS) is 11.3. The van der Waals surface area contributed by atoms with Gasteiger partial charge in [0.2, 0.25) is 0 Å². The third-order valence-corrected chi connectivity index (χ3v) is 3.38. The van der Waals surface area contributed by atoms with Crippen LogP contribution in [0, 0.1) is 6.92 Å². The molecule has 0 N–H and O–H groups in total. The summed E-state index contributed by atoms with van der Waals surface area (Å²) in [4.78, 5) is 22.4. The van der Waals surface area contributed by atoms with Crippen LogP contribution in [-0.2, 0) is 0 Å². The van der Waals surface area contributed by atoms with Crippen LogP contribution < -0.4 is 0 Å². The molecule has 23 heavy (non-hydrogen) atoms. The number of rotatable bonds is 3. The number of aryl methyl sites for hydroxylation is 1. The van der Waals surface area contributed by atoms with E-state index in [2.05, 4.69) is 15.1 Å². The first-order chi connectivity index (χ1) is 11.1. The van der Waals surface area contributed by atoms with E-state index in [1.54, 1.807) is 22.5 Å². The second-order valence-corrected chi connectivity index (χ2v) is 5.41. The van der Waals surface area contributed by atoms with Gasteiger partial charge in [0.05, 0.1) is 17.7 Å². The van der Waals surface area contributed by atoms with Gasteiger partial charge in [-0.2, -0.15) is 10.1 Å². The number of carbonyl (C=O) groups excluding carboxylic acids is 1. The Kier molecular flexibility index (Phi) is 3.89.